The maximum Gasteiger partial charge on any atom is 0.233 e. The molecule has 1 aliphatic heterocycles. The fourth-order valence-electron chi connectivity index (χ4n) is 1.51. The Bertz CT molecular complexity index is 547. The third-order valence-electron chi connectivity index (χ3n) is 2.38. The average molecular weight is 313 g/mol. The van der Waals surface area contributed by atoms with Crippen molar-refractivity contribution in [2.45, 2.75) is 6.42 Å². The second kappa shape index (κ2) is 5.04. The van der Waals surface area contributed by atoms with Crippen LogP contribution in [0.3, 0.4) is 0 Å². The Morgan fingerprint density at radius 2 is 1.42 bits per heavy atom. The van der Waals surface area contributed by atoms with Gasteiger partial charge in [0.05, 0.1) is 0 Å². The van der Waals surface area contributed by atoms with Crippen LogP contribution in [-0.2, 0) is 4.79 Å². The summed E-state index contributed by atoms with van der Waals surface area (Å²) in [6, 6.07) is 0. The van der Waals surface area contributed by atoms with Crippen molar-refractivity contribution in [3.8, 4) is 0 Å². The van der Waals surface area contributed by atoms with E-state index in [1.807, 2.05) is 0 Å². The Morgan fingerprint density at radius 3 is 1.89 bits per heavy atom. The van der Waals surface area contributed by atoms with Crippen LogP contribution in [0.1, 0.15) is 6.42 Å². The van der Waals surface area contributed by atoms with E-state index in [-0.39, 0.29) is 10.7 Å². The number of halogens is 5. The third kappa shape index (κ3) is 2.20. The third-order valence-corrected chi connectivity index (χ3v) is 3.76. The van der Waals surface area contributed by atoms with Crippen LogP contribution in [0.4, 0.5) is 27.6 Å². The SMILES string of the molecule is O=C1CCSC(=S)N1c1c(F)c(F)c(F)c(F)c1F. The first-order chi connectivity index (χ1) is 8.86. The summed E-state index contributed by atoms with van der Waals surface area (Å²) in [6.45, 7) is 0. The van der Waals surface area contributed by atoms with E-state index >= 15 is 0 Å². The molecule has 0 spiro atoms. The van der Waals surface area contributed by atoms with Gasteiger partial charge < -0.3 is 0 Å². The van der Waals surface area contributed by atoms with Crippen LogP contribution in [0, 0.1) is 29.1 Å². The summed E-state index contributed by atoms with van der Waals surface area (Å²) in [6.07, 6.45) is -0.107. The zero-order chi connectivity index (χ0) is 14.3. The number of carbonyl (C=O) groups excluding carboxylic acids is 1. The molecule has 0 N–H and O–H groups in total. The van der Waals surface area contributed by atoms with Gasteiger partial charge in [-0.05, 0) is 0 Å². The number of carbonyl (C=O) groups is 1. The van der Waals surface area contributed by atoms with Crippen molar-refractivity contribution < 1.29 is 26.7 Å². The molecule has 9 heteroatoms. The number of nitrogens with zero attached hydrogens (tertiary/aromatic N) is 1. The molecule has 19 heavy (non-hydrogen) atoms. The summed E-state index contributed by atoms with van der Waals surface area (Å²) in [5, 5.41) is 0. The lowest BCUT2D eigenvalue weighted by Gasteiger charge is -2.27. The lowest BCUT2D eigenvalue weighted by atomic mass is 10.2. The number of thioether (sulfide) groups is 1. The van der Waals surface area contributed by atoms with Crippen LogP contribution in [0.15, 0.2) is 0 Å². The topological polar surface area (TPSA) is 20.3 Å². The Kier molecular flexibility index (Phi) is 3.77. The van der Waals surface area contributed by atoms with Gasteiger partial charge in [0.2, 0.25) is 11.7 Å². The van der Waals surface area contributed by atoms with Crippen molar-refractivity contribution in [1.82, 2.24) is 0 Å². The molecule has 0 unspecified atom stereocenters. The van der Waals surface area contributed by atoms with Gasteiger partial charge >= 0.3 is 0 Å². The summed E-state index contributed by atoms with van der Waals surface area (Å²) in [5.41, 5.74) is -1.32. The molecule has 2 nitrogen and oxygen atoms in total. The zero-order valence-electron chi connectivity index (χ0n) is 8.98. The molecular formula is C10H4F5NOS2. The predicted molar refractivity (Wildman–Crippen MR) is 63.4 cm³/mol. The van der Waals surface area contributed by atoms with Gasteiger partial charge in [0, 0.05) is 12.2 Å². The molecule has 0 bridgehead atoms. The molecule has 0 aliphatic carbocycles. The van der Waals surface area contributed by atoms with Crippen LogP contribution in [0.2, 0.25) is 0 Å². The van der Waals surface area contributed by atoms with E-state index in [0.29, 0.717) is 10.7 Å². The molecule has 1 fully saturated rings. The molecule has 1 aliphatic rings. The lowest BCUT2D eigenvalue weighted by Crippen LogP contribution is -2.39. The Labute approximate surface area is 113 Å². The van der Waals surface area contributed by atoms with E-state index in [0.717, 1.165) is 11.8 Å². The van der Waals surface area contributed by atoms with Gasteiger partial charge in [0.25, 0.3) is 0 Å². The first kappa shape index (κ1) is 14.2. The second-order valence-corrected chi connectivity index (χ2v) is 5.24. The minimum Gasteiger partial charge on any atom is -0.274 e. The molecule has 0 aromatic heterocycles. The molecule has 1 aromatic rings. The van der Waals surface area contributed by atoms with Gasteiger partial charge in [0.15, 0.2) is 23.3 Å². The number of hydrogen-bond acceptors (Lipinski definition) is 3. The fraction of sp³-hybridized carbons (Fsp3) is 0.200. The maximum absolute atomic E-state index is 13.6. The second-order valence-electron chi connectivity index (χ2n) is 3.51. The molecule has 102 valence electrons. The number of thiocarbonyl (C=S) groups is 1. The van der Waals surface area contributed by atoms with Gasteiger partial charge in [-0.3, -0.25) is 9.69 Å². The van der Waals surface area contributed by atoms with Gasteiger partial charge in [0.1, 0.15) is 10.0 Å². The molecule has 0 radical (unpaired) electrons. The smallest absolute Gasteiger partial charge is 0.233 e. The molecule has 1 heterocycles. The highest BCUT2D eigenvalue weighted by atomic mass is 32.2. The molecule has 0 atom stereocenters. The predicted octanol–water partition coefficient (Wildman–Crippen LogP) is 3.14. The fourth-order valence-corrected chi connectivity index (χ4v) is 2.73. The van der Waals surface area contributed by atoms with E-state index in [1.54, 1.807) is 0 Å². The summed E-state index contributed by atoms with van der Waals surface area (Å²) in [4.78, 5) is 11.9. The highest BCUT2D eigenvalue weighted by Gasteiger charge is 2.35. The summed E-state index contributed by atoms with van der Waals surface area (Å²) in [5.74, 6) is -11.2. The molecule has 2 rings (SSSR count). The lowest BCUT2D eigenvalue weighted by molar-refractivity contribution is -0.117. The minimum atomic E-state index is -2.28. The Hall–Kier alpha value is -1.22. The van der Waals surface area contributed by atoms with E-state index < -0.39 is 40.7 Å². The van der Waals surface area contributed by atoms with E-state index in [2.05, 4.69) is 0 Å². The van der Waals surface area contributed by atoms with Crippen molar-refractivity contribution in [3.63, 3.8) is 0 Å². The minimum absolute atomic E-state index is 0.107. The number of benzene rings is 1. The number of hydrogen-bond donors (Lipinski definition) is 0. The Balaban J connectivity index is 2.68. The van der Waals surface area contributed by atoms with E-state index in [4.69, 9.17) is 12.2 Å². The Morgan fingerprint density at radius 1 is 0.947 bits per heavy atom. The van der Waals surface area contributed by atoms with Crippen LogP contribution in [0.5, 0.6) is 0 Å². The first-order valence-electron chi connectivity index (χ1n) is 4.87. The largest absolute Gasteiger partial charge is 0.274 e. The summed E-state index contributed by atoms with van der Waals surface area (Å²) < 4.78 is 65.9. The van der Waals surface area contributed by atoms with Crippen molar-refractivity contribution >= 4 is 39.9 Å². The molecule has 1 aromatic carbocycles. The molecular weight excluding hydrogens is 309 g/mol. The molecule has 1 saturated heterocycles. The zero-order valence-corrected chi connectivity index (χ0v) is 10.6. The van der Waals surface area contributed by atoms with Crippen molar-refractivity contribution in [2.75, 3.05) is 10.7 Å². The van der Waals surface area contributed by atoms with Gasteiger partial charge in [-0.25, -0.2) is 22.0 Å². The van der Waals surface area contributed by atoms with E-state index in [9.17, 15) is 26.7 Å². The summed E-state index contributed by atoms with van der Waals surface area (Å²) >= 11 is 5.64. The molecule has 1 amide bonds. The number of amides is 1. The van der Waals surface area contributed by atoms with Gasteiger partial charge in [-0.1, -0.05) is 24.0 Å². The quantitative estimate of drug-likeness (QED) is 0.344. The van der Waals surface area contributed by atoms with E-state index in [1.165, 1.54) is 0 Å². The van der Waals surface area contributed by atoms with Crippen molar-refractivity contribution in [2.24, 2.45) is 0 Å². The van der Waals surface area contributed by atoms with Crippen LogP contribution in [0.25, 0.3) is 0 Å². The monoisotopic (exact) mass is 313 g/mol. The highest BCUT2D eigenvalue weighted by Crippen LogP contribution is 2.34. The maximum atomic E-state index is 13.6. The van der Waals surface area contributed by atoms with Crippen LogP contribution in [-0.4, -0.2) is 16.0 Å². The number of anilines is 1. The first-order valence-corrected chi connectivity index (χ1v) is 6.26. The standard InChI is InChI=1S/C10H4F5NOS2/c11-4-5(12)7(14)9(8(15)6(4)13)16-3(17)1-2-19-10(16)18/h1-2H2. The number of rotatable bonds is 1. The van der Waals surface area contributed by atoms with Crippen LogP contribution < -0.4 is 4.90 Å². The van der Waals surface area contributed by atoms with Crippen LogP contribution >= 0.6 is 24.0 Å². The summed E-state index contributed by atoms with van der Waals surface area (Å²) in [7, 11) is 0. The van der Waals surface area contributed by atoms with Gasteiger partial charge in [-0.2, -0.15) is 0 Å². The molecule has 0 saturated carbocycles. The average Bonchev–Trinajstić information content (AvgIpc) is 2.37. The highest BCUT2D eigenvalue weighted by molar-refractivity contribution is 8.23. The van der Waals surface area contributed by atoms with Crippen molar-refractivity contribution in [3.05, 3.63) is 29.1 Å². The van der Waals surface area contributed by atoms with Crippen molar-refractivity contribution in [1.29, 1.82) is 0 Å². The van der Waals surface area contributed by atoms with Gasteiger partial charge in [-0.15, -0.1) is 0 Å². The normalized spacial score (nSPS) is 16.2.